The van der Waals surface area contributed by atoms with Crippen molar-refractivity contribution in [2.45, 2.75) is 18.1 Å². The van der Waals surface area contributed by atoms with Gasteiger partial charge in [-0.2, -0.15) is 0 Å². The van der Waals surface area contributed by atoms with E-state index in [-0.39, 0.29) is 11.7 Å². The zero-order valence-electron chi connectivity index (χ0n) is 8.88. The Bertz CT molecular complexity index is 412. The van der Waals surface area contributed by atoms with Gasteiger partial charge in [-0.05, 0) is 15.9 Å². The van der Waals surface area contributed by atoms with Crippen LogP contribution in [0.3, 0.4) is 0 Å². The van der Waals surface area contributed by atoms with Gasteiger partial charge in [0.05, 0.1) is 4.47 Å². The molecule has 0 aromatic carbocycles. The van der Waals surface area contributed by atoms with Gasteiger partial charge in [0.2, 0.25) is 5.91 Å². The number of nitrogens with one attached hydrogen (secondary N) is 1. The Balaban J connectivity index is 2.54. The number of aliphatic carboxylic acids is 1. The van der Waals surface area contributed by atoms with E-state index < -0.39 is 12.0 Å². The van der Waals surface area contributed by atoms with Crippen molar-refractivity contribution in [3.05, 3.63) is 16.9 Å². The van der Waals surface area contributed by atoms with Crippen molar-refractivity contribution in [1.29, 1.82) is 0 Å². The summed E-state index contributed by atoms with van der Waals surface area (Å²) in [5.41, 5.74) is 0. The summed E-state index contributed by atoms with van der Waals surface area (Å²) in [7, 11) is 0. The minimum atomic E-state index is -1.08. The number of halogens is 1. The van der Waals surface area contributed by atoms with Crippen LogP contribution in [0.4, 0.5) is 0 Å². The van der Waals surface area contributed by atoms with Crippen molar-refractivity contribution in [1.82, 2.24) is 15.3 Å². The van der Waals surface area contributed by atoms with Crippen molar-refractivity contribution >= 4 is 39.6 Å². The highest BCUT2D eigenvalue weighted by atomic mass is 79.9. The molecule has 2 N–H and O–H groups in total. The van der Waals surface area contributed by atoms with E-state index in [9.17, 15) is 9.59 Å². The van der Waals surface area contributed by atoms with Crippen molar-refractivity contribution in [3.8, 4) is 0 Å². The average molecular weight is 320 g/mol. The molecule has 0 fully saturated rings. The topological polar surface area (TPSA) is 92.2 Å². The maximum Gasteiger partial charge on any atom is 0.327 e. The Hall–Kier alpha value is -1.15. The van der Waals surface area contributed by atoms with E-state index in [4.69, 9.17) is 5.11 Å². The van der Waals surface area contributed by atoms with Crippen LogP contribution < -0.4 is 5.32 Å². The Morgan fingerprint density at radius 1 is 1.53 bits per heavy atom. The third kappa shape index (κ3) is 5.14. The van der Waals surface area contributed by atoms with Crippen LogP contribution in [0.2, 0.25) is 0 Å². The first-order chi connectivity index (χ1) is 7.99. The van der Waals surface area contributed by atoms with Crippen LogP contribution in [0.25, 0.3) is 0 Å². The van der Waals surface area contributed by atoms with Crippen LogP contribution in [-0.2, 0) is 9.59 Å². The normalized spacial score (nSPS) is 11.9. The predicted octanol–water partition coefficient (Wildman–Crippen LogP) is 0.921. The van der Waals surface area contributed by atoms with Crippen molar-refractivity contribution < 1.29 is 14.7 Å². The molecule has 0 aliphatic heterocycles. The second kappa shape index (κ2) is 6.55. The van der Waals surface area contributed by atoms with E-state index >= 15 is 0 Å². The molecule has 8 heteroatoms. The molecule has 1 aromatic heterocycles. The number of rotatable bonds is 5. The summed E-state index contributed by atoms with van der Waals surface area (Å²) in [6.45, 7) is 1.27. The highest BCUT2D eigenvalue weighted by Gasteiger charge is 2.18. The fourth-order valence-electron chi connectivity index (χ4n) is 0.953. The lowest BCUT2D eigenvalue weighted by Gasteiger charge is -2.11. The molecule has 6 nitrogen and oxygen atoms in total. The zero-order valence-corrected chi connectivity index (χ0v) is 11.3. The lowest BCUT2D eigenvalue weighted by Crippen LogP contribution is -2.41. The maximum absolute atomic E-state index is 10.8. The Morgan fingerprint density at radius 3 is 2.59 bits per heavy atom. The monoisotopic (exact) mass is 319 g/mol. The van der Waals surface area contributed by atoms with Gasteiger partial charge in [-0.25, -0.2) is 14.8 Å². The number of amides is 1. The number of carboxylic acids is 1. The van der Waals surface area contributed by atoms with Crippen LogP contribution >= 0.6 is 27.7 Å². The molecular weight excluding hydrogens is 310 g/mol. The molecule has 1 rings (SSSR count). The van der Waals surface area contributed by atoms with Gasteiger partial charge in [-0.1, -0.05) is 11.8 Å². The van der Waals surface area contributed by atoms with Gasteiger partial charge in [0, 0.05) is 25.1 Å². The Kier molecular flexibility index (Phi) is 5.36. The number of hydrogen-bond acceptors (Lipinski definition) is 5. The number of carboxylic acid groups (broad SMARTS) is 1. The molecule has 0 radical (unpaired) electrons. The molecule has 0 aliphatic rings. The molecule has 0 aliphatic carbocycles. The second-order valence-electron chi connectivity index (χ2n) is 3.09. The number of hydrogen-bond donors (Lipinski definition) is 2. The SMILES string of the molecule is CC(=O)N[C@@H](CSc1ncc(Br)cn1)C(=O)O. The minimum Gasteiger partial charge on any atom is -0.480 e. The van der Waals surface area contributed by atoms with Crippen molar-refractivity contribution in [3.63, 3.8) is 0 Å². The van der Waals surface area contributed by atoms with E-state index in [0.717, 1.165) is 4.47 Å². The quantitative estimate of drug-likeness (QED) is 0.619. The molecule has 17 heavy (non-hydrogen) atoms. The van der Waals surface area contributed by atoms with E-state index in [1.54, 1.807) is 12.4 Å². The third-order valence-corrected chi connectivity index (χ3v) is 3.03. The standard InChI is InChI=1S/C9H10BrN3O3S/c1-5(14)13-7(8(15)16)4-17-9-11-2-6(10)3-12-9/h2-3,7H,4H2,1H3,(H,13,14)(H,15,16)/t7-/m0/s1. The summed E-state index contributed by atoms with van der Waals surface area (Å²) < 4.78 is 0.749. The van der Waals surface area contributed by atoms with Gasteiger partial charge in [0.15, 0.2) is 5.16 Å². The van der Waals surface area contributed by atoms with Crippen LogP contribution in [0.5, 0.6) is 0 Å². The number of aromatic nitrogens is 2. The van der Waals surface area contributed by atoms with Crippen LogP contribution in [-0.4, -0.2) is 38.7 Å². The maximum atomic E-state index is 10.8. The van der Waals surface area contributed by atoms with Crippen molar-refractivity contribution in [2.24, 2.45) is 0 Å². The summed E-state index contributed by atoms with van der Waals surface area (Å²) >= 11 is 4.36. The summed E-state index contributed by atoms with van der Waals surface area (Å²) in [5, 5.41) is 11.7. The summed E-state index contributed by atoms with van der Waals surface area (Å²) in [5.74, 6) is -1.28. The second-order valence-corrected chi connectivity index (χ2v) is 4.99. The highest BCUT2D eigenvalue weighted by molar-refractivity contribution is 9.10. The molecular formula is C9H10BrN3O3S. The first-order valence-electron chi connectivity index (χ1n) is 4.59. The van der Waals surface area contributed by atoms with Gasteiger partial charge in [-0.15, -0.1) is 0 Å². The van der Waals surface area contributed by atoms with Crippen molar-refractivity contribution in [2.75, 3.05) is 5.75 Å². The molecule has 1 aromatic rings. The fraction of sp³-hybridized carbons (Fsp3) is 0.333. The van der Waals surface area contributed by atoms with E-state index in [1.165, 1.54) is 18.7 Å². The van der Waals surface area contributed by atoms with E-state index in [0.29, 0.717) is 5.16 Å². The molecule has 0 bridgehead atoms. The molecule has 1 atom stereocenters. The number of thioether (sulfide) groups is 1. The molecule has 0 saturated heterocycles. The summed E-state index contributed by atoms with van der Waals surface area (Å²) in [6, 6.07) is -0.940. The summed E-state index contributed by atoms with van der Waals surface area (Å²) in [4.78, 5) is 29.6. The Morgan fingerprint density at radius 2 is 2.12 bits per heavy atom. The average Bonchev–Trinajstić information content (AvgIpc) is 2.25. The first-order valence-corrected chi connectivity index (χ1v) is 6.37. The van der Waals surface area contributed by atoms with E-state index in [1.807, 2.05) is 0 Å². The highest BCUT2D eigenvalue weighted by Crippen LogP contribution is 2.15. The predicted molar refractivity (Wildman–Crippen MR) is 65.7 cm³/mol. The van der Waals surface area contributed by atoms with Crippen LogP contribution in [0, 0.1) is 0 Å². The first kappa shape index (κ1) is 13.9. The van der Waals surface area contributed by atoms with Gasteiger partial charge in [0.1, 0.15) is 6.04 Å². The fourth-order valence-corrected chi connectivity index (χ4v) is 1.95. The lowest BCUT2D eigenvalue weighted by molar-refractivity contribution is -0.140. The van der Waals surface area contributed by atoms with Crippen LogP contribution in [0.1, 0.15) is 6.92 Å². The van der Waals surface area contributed by atoms with Gasteiger partial charge < -0.3 is 10.4 Å². The number of carbonyl (C=O) groups excluding carboxylic acids is 1. The van der Waals surface area contributed by atoms with Gasteiger partial charge in [-0.3, -0.25) is 4.79 Å². The lowest BCUT2D eigenvalue weighted by atomic mass is 10.3. The Labute approximate surface area is 110 Å². The third-order valence-electron chi connectivity index (χ3n) is 1.65. The van der Waals surface area contributed by atoms with Crippen LogP contribution in [0.15, 0.2) is 22.0 Å². The van der Waals surface area contributed by atoms with E-state index in [2.05, 4.69) is 31.2 Å². The van der Waals surface area contributed by atoms with Gasteiger partial charge in [0.25, 0.3) is 0 Å². The van der Waals surface area contributed by atoms with Gasteiger partial charge >= 0.3 is 5.97 Å². The number of nitrogens with zero attached hydrogens (tertiary/aromatic N) is 2. The smallest absolute Gasteiger partial charge is 0.327 e. The molecule has 92 valence electrons. The zero-order chi connectivity index (χ0) is 12.8. The molecule has 1 heterocycles. The molecule has 1 amide bonds. The molecule has 0 saturated carbocycles. The largest absolute Gasteiger partial charge is 0.480 e. The number of carbonyl (C=O) groups is 2. The molecule has 0 unspecified atom stereocenters. The summed E-state index contributed by atoms with van der Waals surface area (Å²) in [6.07, 6.45) is 3.15. The minimum absolute atomic E-state index is 0.177. The molecule has 0 spiro atoms.